The van der Waals surface area contributed by atoms with E-state index in [1.807, 2.05) is 12.1 Å². The Morgan fingerprint density at radius 3 is 2.56 bits per heavy atom. The Balaban J connectivity index is 2.08. The van der Waals surface area contributed by atoms with Gasteiger partial charge in [-0.2, -0.15) is 0 Å². The van der Waals surface area contributed by atoms with Crippen LogP contribution in [0.4, 0.5) is 0 Å². The monoisotopic (exact) mass is 279 g/mol. The Bertz CT molecular complexity index is 447. The van der Waals surface area contributed by atoms with Gasteiger partial charge in [-0.25, -0.2) is 9.97 Å². The molecular weight excluding hydrogens is 270 g/mol. The van der Waals surface area contributed by atoms with Crippen molar-refractivity contribution in [2.45, 2.75) is 12.5 Å². The number of aliphatic hydroxyl groups excluding tert-OH is 1. The van der Waals surface area contributed by atoms with Crippen molar-refractivity contribution in [1.82, 2.24) is 15.0 Å². The summed E-state index contributed by atoms with van der Waals surface area (Å²) in [5, 5.41) is 9.91. The van der Waals surface area contributed by atoms with Gasteiger partial charge >= 0.3 is 0 Å². The number of halogens is 1. The minimum Gasteiger partial charge on any atom is -0.388 e. The molecule has 0 radical (unpaired) electrons. The summed E-state index contributed by atoms with van der Waals surface area (Å²) in [6.45, 7) is 0. The van der Waals surface area contributed by atoms with Crippen molar-refractivity contribution in [2.75, 3.05) is 0 Å². The van der Waals surface area contributed by atoms with Crippen molar-refractivity contribution in [3.8, 4) is 0 Å². The van der Waals surface area contributed by atoms with Crippen molar-refractivity contribution >= 4 is 15.9 Å². The highest BCUT2D eigenvalue weighted by Gasteiger charge is 2.09. The number of pyridine rings is 1. The number of hydrogen-bond acceptors (Lipinski definition) is 4. The summed E-state index contributed by atoms with van der Waals surface area (Å²) >= 11 is 3.31. The third-order valence-corrected chi connectivity index (χ3v) is 2.63. The molecule has 0 fully saturated rings. The summed E-state index contributed by atoms with van der Waals surface area (Å²) in [6.07, 6.45) is 6.21. The normalized spacial score (nSPS) is 12.4. The molecule has 16 heavy (non-hydrogen) atoms. The smallest absolute Gasteiger partial charge is 0.115 e. The van der Waals surface area contributed by atoms with Crippen LogP contribution in [0.15, 0.2) is 41.5 Å². The van der Waals surface area contributed by atoms with Crippen LogP contribution in [0.3, 0.4) is 0 Å². The number of rotatable bonds is 3. The highest BCUT2D eigenvalue weighted by Crippen LogP contribution is 2.16. The summed E-state index contributed by atoms with van der Waals surface area (Å²) in [6, 6.07) is 3.77. The fraction of sp³-hybridized carbons (Fsp3) is 0.182. The van der Waals surface area contributed by atoms with Crippen LogP contribution >= 0.6 is 15.9 Å². The number of aliphatic hydroxyl groups is 1. The molecule has 1 atom stereocenters. The van der Waals surface area contributed by atoms with E-state index in [1.54, 1.807) is 18.6 Å². The van der Waals surface area contributed by atoms with E-state index in [0.717, 1.165) is 10.2 Å². The van der Waals surface area contributed by atoms with E-state index in [0.29, 0.717) is 12.0 Å². The molecule has 0 spiro atoms. The summed E-state index contributed by atoms with van der Waals surface area (Å²) in [7, 11) is 0. The van der Waals surface area contributed by atoms with E-state index in [-0.39, 0.29) is 0 Å². The molecule has 2 aromatic heterocycles. The first-order chi connectivity index (χ1) is 7.75. The lowest BCUT2D eigenvalue weighted by atomic mass is 10.1. The maximum atomic E-state index is 9.91. The van der Waals surface area contributed by atoms with Crippen LogP contribution in [0.2, 0.25) is 0 Å². The first kappa shape index (κ1) is 11.2. The predicted molar refractivity (Wildman–Crippen MR) is 62.6 cm³/mol. The molecule has 0 aliphatic heterocycles. The Morgan fingerprint density at radius 1 is 1.19 bits per heavy atom. The second-order valence-electron chi connectivity index (χ2n) is 3.36. The largest absolute Gasteiger partial charge is 0.388 e. The van der Waals surface area contributed by atoms with E-state index in [1.165, 1.54) is 6.33 Å². The molecule has 0 aliphatic rings. The minimum atomic E-state index is -0.616. The van der Waals surface area contributed by atoms with Crippen LogP contribution in [-0.4, -0.2) is 20.1 Å². The topological polar surface area (TPSA) is 58.9 Å². The van der Waals surface area contributed by atoms with Gasteiger partial charge in [-0.05, 0) is 28.1 Å². The van der Waals surface area contributed by atoms with Crippen LogP contribution in [0.25, 0.3) is 0 Å². The molecule has 4 nitrogen and oxygen atoms in total. The van der Waals surface area contributed by atoms with Crippen LogP contribution in [0.1, 0.15) is 17.4 Å². The molecule has 0 saturated carbocycles. The lowest BCUT2D eigenvalue weighted by Crippen LogP contribution is -2.04. The van der Waals surface area contributed by atoms with Crippen LogP contribution in [-0.2, 0) is 6.42 Å². The highest BCUT2D eigenvalue weighted by atomic mass is 79.9. The van der Waals surface area contributed by atoms with Gasteiger partial charge in [0.25, 0.3) is 0 Å². The maximum Gasteiger partial charge on any atom is 0.115 e. The van der Waals surface area contributed by atoms with Gasteiger partial charge in [0.1, 0.15) is 6.33 Å². The van der Waals surface area contributed by atoms with E-state index >= 15 is 0 Å². The van der Waals surface area contributed by atoms with Crippen molar-refractivity contribution in [3.05, 3.63) is 52.8 Å². The van der Waals surface area contributed by atoms with E-state index in [9.17, 15) is 5.11 Å². The van der Waals surface area contributed by atoms with Gasteiger partial charge in [0.05, 0.1) is 6.10 Å². The van der Waals surface area contributed by atoms with Crippen LogP contribution in [0, 0.1) is 0 Å². The minimum absolute atomic E-state index is 0.459. The molecule has 0 aromatic carbocycles. The van der Waals surface area contributed by atoms with Crippen molar-refractivity contribution in [1.29, 1.82) is 0 Å². The van der Waals surface area contributed by atoms with Gasteiger partial charge in [0.2, 0.25) is 0 Å². The Kier molecular flexibility index (Phi) is 3.58. The fourth-order valence-electron chi connectivity index (χ4n) is 1.33. The Hall–Kier alpha value is -1.33. The molecule has 5 heteroatoms. The van der Waals surface area contributed by atoms with Gasteiger partial charge in [-0.3, -0.25) is 4.98 Å². The number of nitrogens with zero attached hydrogens (tertiary/aromatic N) is 3. The van der Waals surface area contributed by atoms with Crippen molar-refractivity contribution in [3.63, 3.8) is 0 Å². The zero-order valence-electron chi connectivity index (χ0n) is 8.42. The first-order valence-electron chi connectivity index (χ1n) is 4.79. The third kappa shape index (κ3) is 2.84. The van der Waals surface area contributed by atoms with Gasteiger partial charge in [-0.1, -0.05) is 0 Å². The number of aromatic nitrogens is 3. The molecule has 0 saturated heterocycles. The quantitative estimate of drug-likeness (QED) is 0.933. The van der Waals surface area contributed by atoms with Crippen LogP contribution in [0.5, 0.6) is 0 Å². The molecule has 0 amide bonds. The van der Waals surface area contributed by atoms with Gasteiger partial charge in [-0.15, -0.1) is 0 Å². The van der Waals surface area contributed by atoms with E-state index < -0.39 is 6.10 Å². The fourth-order valence-corrected chi connectivity index (χ4v) is 1.56. The second kappa shape index (κ2) is 5.14. The molecule has 1 N–H and O–H groups in total. The molecule has 0 bridgehead atoms. The predicted octanol–water partition coefficient (Wildman–Crippen LogP) is 1.91. The van der Waals surface area contributed by atoms with Crippen LogP contribution < -0.4 is 0 Å². The molecule has 2 aromatic rings. The van der Waals surface area contributed by atoms with Gasteiger partial charge < -0.3 is 5.11 Å². The van der Waals surface area contributed by atoms with E-state index in [4.69, 9.17) is 0 Å². The van der Waals surface area contributed by atoms with Crippen molar-refractivity contribution in [2.24, 2.45) is 0 Å². The number of hydrogen-bond donors (Lipinski definition) is 1. The highest BCUT2D eigenvalue weighted by molar-refractivity contribution is 9.10. The summed E-state index contributed by atoms with van der Waals surface area (Å²) < 4.78 is 0.925. The first-order valence-corrected chi connectivity index (χ1v) is 5.58. The summed E-state index contributed by atoms with van der Waals surface area (Å²) in [4.78, 5) is 11.9. The van der Waals surface area contributed by atoms with Gasteiger partial charge in [0.15, 0.2) is 0 Å². The standard InChI is InChI=1S/C11H10BrN3O/c12-9-1-2-10(15-6-9)3-11(16)8-4-13-7-14-5-8/h1-2,4-7,11,16H,3H2. The lowest BCUT2D eigenvalue weighted by molar-refractivity contribution is 0.176. The summed E-state index contributed by atoms with van der Waals surface area (Å²) in [5.74, 6) is 0. The maximum absolute atomic E-state index is 9.91. The zero-order valence-corrected chi connectivity index (χ0v) is 10.0. The molecule has 2 heterocycles. The summed E-state index contributed by atoms with van der Waals surface area (Å²) in [5.41, 5.74) is 1.53. The molecule has 82 valence electrons. The van der Waals surface area contributed by atoms with Gasteiger partial charge in [0, 0.05) is 40.7 Å². The SMILES string of the molecule is OC(Cc1ccc(Br)cn1)c1cncnc1. The average Bonchev–Trinajstić information content (AvgIpc) is 2.33. The molecule has 1 unspecified atom stereocenters. The molecule has 0 aliphatic carbocycles. The van der Waals surface area contributed by atoms with Crippen molar-refractivity contribution < 1.29 is 5.11 Å². The lowest BCUT2D eigenvalue weighted by Gasteiger charge is -2.09. The zero-order chi connectivity index (χ0) is 11.4. The molecule has 2 rings (SSSR count). The Morgan fingerprint density at radius 2 is 1.94 bits per heavy atom. The second-order valence-corrected chi connectivity index (χ2v) is 4.28. The average molecular weight is 280 g/mol. The Labute approximate surface area is 102 Å². The molecular formula is C11H10BrN3O. The van der Waals surface area contributed by atoms with E-state index in [2.05, 4.69) is 30.9 Å². The third-order valence-electron chi connectivity index (χ3n) is 2.16.